The Hall–Kier alpha value is -3.30. The Morgan fingerprint density at radius 3 is 2.48 bits per heavy atom. The maximum absolute atomic E-state index is 9.55. The van der Waals surface area contributed by atoms with Gasteiger partial charge in [-0.3, -0.25) is 0 Å². The summed E-state index contributed by atoms with van der Waals surface area (Å²) in [4.78, 5) is 0. The van der Waals surface area contributed by atoms with Gasteiger partial charge in [0.25, 0.3) is 0 Å². The normalized spacial score (nSPS) is 12.5. The van der Waals surface area contributed by atoms with Gasteiger partial charge in [0.05, 0.1) is 17.7 Å². The topological polar surface area (TPSA) is 107 Å². The number of rotatable bonds is 7. The van der Waals surface area contributed by atoms with E-state index in [1.165, 1.54) is 6.21 Å². The van der Waals surface area contributed by atoms with E-state index in [2.05, 4.69) is 16.7 Å². The van der Waals surface area contributed by atoms with E-state index in [4.69, 9.17) is 15.9 Å². The molecule has 0 saturated heterocycles. The molecule has 0 aliphatic rings. The van der Waals surface area contributed by atoms with E-state index in [1.807, 2.05) is 36.4 Å². The highest BCUT2D eigenvalue weighted by Gasteiger charge is 2.20. The van der Waals surface area contributed by atoms with Crippen molar-refractivity contribution in [3.05, 3.63) is 71.1 Å². The maximum atomic E-state index is 9.55. The Morgan fingerprint density at radius 2 is 1.92 bits per heavy atom. The van der Waals surface area contributed by atoms with Crippen LogP contribution in [0.15, 0.2) is 59.9 Å². The number of benzene rings is 2. The highest BCUT2D eigenvalue weighted by molar-refractivity contribution is 5.79. The molecule has 0 aliphatic heterocycles. The fourth-order valence-corrected chi connectivity index (χ4v) is 2.51. The van der Waals surface area contributed by atoms with Gasteiger partial charge in [0, 0.05) is 18.8 Å². The molecule has 0 fully saturated rings. The summed E-state index contributed by atoms with van der Waals surface area (Å²) < 4.78 is 5.78. The number of hydrogen-bond donors (Lipinski definition) is 4. The number of nitrogens with zero attached hydrogens (tertiary/aromatic N) is 1. The molecule has 6 nitrogen and oxygen atoms in total. The second-order valence-corrected chi connectivity index (χ2v) is 5.26. The van der Waals surface area contributed by atoms with Crippen molar-refractivity contribution in [2.75, 3.05) is 14.1 Å². The van der Waals surface area contributed by atoms with Gasteiger partial charge in [-0.25, -0.2) is 0 Å². The number of likely N-dealkylation sites (N-methyl/N-ethyl adjacent to an activating group) is 1. The molecule has 5 N–H and O–H groups in total. The van der Waals surface area contributed by atoms with Gasteiger partial charge >= 0.3 is 0 Å². The van der Waals surface area contributed by atoms with Crippen molar-refractivity contribution in [1.29, 1.82) is 10.7 Å². The van der Waals surface area contributed by atoms with E-state index in [-0.39, 0.29) is 6.04 Å². The predicted molar refractivity (Wildman–Crippen MR) is 98.5 cm³/mol. The first-order chi connectivity index (χ1) is 12.1. The van der Waals surface area contributed by atoms with E-state index in [0.717, 1.165) is 5.56 Å². The summed E-state index contributed by atoms with van der Waals surface area (Å²) in [5, 5.41) is 23.1. The molecule has 0 saturated carbocycles. The SMILES string of the molecule is CN/C(N)=C(\C=N)C(NC)c1ccc(Oc2ccccc2)cc1C#N. The minimum atomic E-state index is -0.384. The van der Waals surface area contributed by atoms with Gasteiger partial charge < -0.3 is 26.5 Å². The molecule has 0 spiro atoms. The van der Waals surface area contributed by atoms with Gasteiger partial charge in [0.15, 0.2) is 0 Å². The average Bonchev–Trinajstić information content (AvgIpc) is 2.66. The van der Waals surface area contributed by atoms with Gasteiger partial charge in [-0.15, -0.1) is 0 Å². The van der Waals surface area contributed by atoms with E-state index < -0.39 is 0 Å². The summed E-state index contributed by atoms with van der Waals surface area (Å²) in [7, 11) is 3.44. The third-order valence-corrected chi connectivity index (χ3v) is 3.77. The molecule has 1 atom stereocenters. The fourth-order valence-electron chi connectivity index (χ4n) is 2.51. The Kier molecular flexibility index (Phi) is 6.15. The zero-order valence-electron chi connectivity index (χ0n) is 14.2. The predicted octanol–water partition coefficient (Wildman–Crippen LogP) is 2.65. The summed E-state index contributed by atoms with van der Waals surface area (Å²) >= 11 is 0. The van der Waals surface area contributed by atoms with Crippen LogP contribution < -0.4 is 21.1 Å². The number of nitriles is 1. The lowest BCUT2D eigenvalue weighted by Gasteiger charge is -2.21. The van der Waals surface area contributed by atoms with Crippen LogP contribution in [0.3, 0.4) is 0 Å². The molecular weight excluding hydrogens is 314 g/mol. The minimum Gasteiger partial charge on any atom is -0.457 e. The molecule has 2 aromatic carbocycles. The van der Waals surface area contributed by atoms with Crippen LogP contribution >= 0.6 is 0 Å². The molecule has 0 bridgehead atoms. The van der Waals surface area contributed by atoms with Crippen molar-refractivity contribution >= 4 is 6.21 Å². The zero-order chi connectivity index (χ0) is 18.2. The standard InChI is InChI=1S/C19H21N5O/c1-23-18(17(12-21)19(22)24-2)16-9-8-15(10-13(16)11-20)25-14-6-4-3-5-7-14/h3-10,12,18,21,23-24H,22H2,1-2H3/b19-17+,21-12?. The van der Waals surface area contributed by atoms with Crippen molar-refractivity contribution in [3.63, 3.8) is 0 Å². The van der Waals surface area contributed by atoms with Gasteiger partial charge in [0.2, 0.25) is 0 Å². The zero-order valence-corrected chi connectivity index (χ0v) is 14.2. The first kappa shape index (κ1) is 18.0. The van der Waals surface area contributed by atoms with Gasteiger partial charge in [-0.2, -0.15) is 5.26 Å². The summed E-state index contributed by atoms with van der Waals surface area (Å²) in [6, 6.07) is 16.5. The summed E-state index contributed by atoms with van der Waals surface area (Å²) in [5.74, 6) is 1.65. The van der Waals surface area contributed by atoms with Gasteiger partial charge in [-0.05, 0) is 36.9 Å². The second kappa shape index (κ2) is 8.52. The van der Waals surface area contributed by atoms with Crippen molar-refractivity contribution in [1.82, 2.24) is 10.6 Å². The number of para-hydroxylation sites is 1. The smallest absolute Gasteiger partial charge is 0.128 e. The van der Waals surface area contributed by atoms with Crippen molar-refractivity contribution < 1.29 is 4.74 Å². The average molecular weight is 335 g/mol. The minimum absolute atomic E-state index is 0.378. The van der Waals surface area contributed by atoms with Crippen LogP contribution in [0.25, 0.3) is 0 Å². The van der Waals surface area contributed by atoms with Gasteiger partial charge in [-0.1, -0.05) is 24.3 Å². The molecular formula is C19H21N5O. The van der Waals surface area contributed by atoms with Crippen LogP contribution in [0.5, 0.6) is 11.5 Å². The van der Waals surface area contributed by atoms with Crippen molar-refractivity contribution in [2.24, 2.45) is 5.73 Å². The van der Waals surface area contributed by atoms with E-state index in [0.29, 0.717) is 28.5 Å². The molecule has 25 heavy (non-hydrogen) atoms. The Balaban J connectivity index is 2.41. The van der Waals surface area contributed by atoms with E-state index in [9.17, 15) is 5.26 Å². The molecule has 0 aromatic heterocycles. The van der Waals surface area contributed by atoms with E-state index in [1.54, 1.807) is 26.2 Å². The van der Waals surface area contributed by atoms with Crippen molar-refractivity contribution in [2.45, 2.75) is 6.04 Å². The third-order valence-electron chi connectivity index (χ3n) is 3.77. The number of nitrogens with two attached hydrogens (primary N) is 1. The van der Waals surface area contributed by atoms with Gasteiger partial charge in [0.1, 0.15) is 17.3 Å². The molecule has 6 heteroatoms. The molecule has 2 aromatic rings. The van der Waals surface area contributed by atoms with Crippen LogP contribution in [0.4, 0.5) is 0 Å². The second-order valence-electron chi connectivity index (χ2n) is 5.26. The maximum Gasteiger partial charge on any atom is 0.128 e. The quantitative estimate of drug-likeness (QED) is 0.582. The number of hydrogen-bond acceptors (Lipinski definition) is 6. The first-order valence-corrected chi connectivity index (χ1v) is 7.76. The van der Waals surface area contributed by atoms with Crippen LogP contribution in [0, 0.1) is 16.7 Å². The summed E-state index contributed by atoms with van der Waals surface area (Å²) in [6.07, 6.45) is 1.18. The highest BCUT2D eigenvalue weighted by atomic mass is 16.5. The molecule has 0 radical (unpaired) electrons. The lowest BCUT2D eigenvalue weighted by atomic mass is 9.95. The summed E-state index contributed by atoms with van der Waals surface area (Å²) in [6.45, 7) is 0. The number of ether oxygens (including phenoxy) is 1. The Bertz CT molecular complexity index is 808. The number of nitrogens with one attached hydrogen (secondary N) is 3. The Morgan fingerprint density at radius 1 is 1.20 bits per heavy atom. The lowest BCUT2D eigenvalue weighted by molar-refractivity contribution is 0.482. The highest BCUT2D eigenvalue weighted by Crippen LogP contribution is 2.29. The molecule has 0 amide bonds. The lowest BCUT2D eigenvalue weighted by Crippen LogP contribution is -2.27. The first-order valence-electron chi connectivity index (χ1n) is 7.76. The Labute approximate surface area is 147 Å². The molecule has 2 rings (SSSR count). The molecule has 1 unspecified atom stereocenters. The van der Waals surface area contributed by atoms with E-state index >= 15 is 0 Å². The molecule has 128 valence electrons. The largest absolute Gasteiger partial charge is 0.457 e. The van der Waals surface area contributed by atoms with Crippen LogP contribution in [0.2, 0.25) is 0 Å². The fraction of sp³-hybridized carbons (Fsp3) is 0.158. The van der Waals surface area contributed by atoms with Crippen LogP contribution in [-0.4, -0.2) is 20.3 Å². The molecule has 0 heterocycles. The monoisotopic (exact) mass is 335 g/mol. The molecule has 0 aliphatic carbocycles. The summed E-state index contributed by atoms with van der Waals surface area (Å²) in [5.41, 5.74) is 7.67. The van der Waals surface area contributed by atoms with Crippen LogP contribution in [-0.2, 0) is 0 Å². The van der Waals surface area contributed by atoms with Crippen LogP contribution in [0.1, 0.15) is 17.2 Å². The van der Waals surface area contributed by atoms with Crippen molar-refractivity contribution in [3.8, 4) is 17.6 Å². The third kappa shape index (κ3) is 4.16.